The summed E-state index contributed by atoms with van der Waals surface area (Å²) < 4.78 is 4.58. The van der Waals surface area contributed by atoms with E-state index >= 15 is 0 Å². The van der Waals surface area contributed by atoms with Crippen LogP contribution in [0.25, 0.3) is 0 Å². The summed E-state index contributed by atoms with van der Waals surface area (Å²) in [5, 5.41) is 24.1. The molecule has 0 aliphatic rings. The molecule has 1 aromatic heterocycles. The number of nitro groups is 1. The summed E-state index contributed by atoms with van der Waals surface area (Å²) in [7, 11) is 0. The van der Waals surface area contributed by atoms with E-state index in [9.17, 15) is 14.9 Å². The minimum atomic E-state index is -0.757. The van der Waals surface area contributed by atoms with Crippen LogP contribution in [0.4, 0.5) is 10.7 Å². The molecule has 0 aromatic carbocycles. The molecule has 98 valence electrons. The summed E-state index contributed by atoms with van der Waals surface area (Å²) in [6.45, 7) is 3.54. The SMILES string of the molecule is CCOC(=O)NN=C(C)Cn1nnc([N+](=O)[O-])n1. The van der Waals surface area contributed by atoms with E-state index in [4.69, 9.17) is 0 Å². The molecule has 0 atom stereocenters. The molecule has 18 heavy (non-hydrogen) atoms. The third-order valence-electron chi connectivity index (χ3n) is 1.59. The van der Waals surface area contributed by atoms with Crippen molar-refractivity contribution < 1.29 is 14.5 Å². The molecule has 11 heteroatoms. The summed E-state index contributed by atoms with van der Waals surface area (Å²) >= 11 is 0. The van der Waals surface area contributed by atoms with Crippen molar-refractivity contribution in [2.45, 2.75) is 20.4 Å². The van der Waals surface area contributed by atoms with Gasteiger partial charge in [-0.2, -0.15) is 5.10 Å². The maximum atomic E-state index is 10.9. The zero-order valence-electron chi connectivity index (χ0n) is 9.73. The van der Waals surface area contributed by atoms with Crippen LogP contribution >= 0.6 is 0 Å². The summed E-state index contributed by atoms with van der Waals surface area (Å²) in [4.78, 5) is 21.5. The lowest BCUT2D eigenvalue weighted by Crippen LogP contribution is -2.21. The van der Waals surface area contributed by atoms with Crippen LogP contribution in [-0.2, 0) is 11.3 Å². The first-order valence-electron chi connectivity index (χ1n) is 4.91. The number of tetrazole rings is 1. The zero-order chi connectivity index (χ0) is 13.5. The topological polar surface area (TPSA) is 137 Å². The maximum absolute atomic E-state index is 10.9. The Morgan fingerprint density at radius 2 is 2.39 bits per heavy atom. The molecule has 1 N–H and O–H groups in total. The Kier molecular flexibility index (Phi) is 4.66. The quantitative estimate of drug-likeness (QED) is 0.434. The lowest BCUT2D eigenvalue weighted by atomic mass is 10.4. The molecule has 0 bridgehead atoms. The first-order chi connectivity index (χ1) is 8.52. The van der Waals surface area contributed by atoms with Gasteiger partial charge in [0, 0.05) is 5.21 Å². The number of carbonyl (C=O) groups excluding carboxylic acids is 1. The van der Waals surface area contributed by atoms with Gasteiger partial charge in [-0.25, -0.2) is 10.2 Å². The molecule has 11 nitrogen and oxygen atoms in total. The van der Waals surface area contributed by atoms with Gasteiger partial charge in [-0.05, 0) is 18.8 Å². The summed E-state index contributed by atoms with van der Waals surface area (Å²) in [5.41, 5.74) is 2.56. The average Bonchev–Trinajstić information content (AvgIpc) is 2.75. The number of ether oxygens (including phenoxy) is 1. The number of amides is 1. The highest BCUT2D eigenvalue weighted by molar-refractivity contribution is 5.82. The largest absolute Gasteiger partial charge is 0.514 e. The third-order valence-corrected chi connectivity index (χ3v) is 1.59. The maximum Gasteiger partial charge on any atom is 0.514 e. The normalized spacial score (nSPS) is 11.1. The number of hydrazone groups is 1. The second kappa shape index (κ2) is 6.22. The monoisotopic (exact) mass is 257 g/mol. The number of nitrogens with one attached hydrogen (secondary N) is 1. The number of rotatable bonds is 5. The Hall–Kier alpha value is -2.59. The minimum Gasteiger partial charge on any atom is -0.449 e. The fourth-order valence-electron chi connectivity index (χ4n) is 0.919. The van der Waals surface area contributed by atoms with E-state index in [0.29, 0.717) is 5.71 Å². The molecular formula is C7H11N7O4. The molecule has 0 unspecified atom stereocenters. The molecule has 0 aliphatic heterocycles. The van der Waals surface area contributed by atoms with Crippen LogP contribution < -0.4 is 5.43 Å². The molecule has 0 fully saturated rings. The van der Waals surface area contributed by atoms with Crippen molar-refractivity contribution in [3.05, 3.63) is 10.1 Å². The number of carbonyl (C=O) groups is 1. The minimum absolute atomic E-state index is 0.0627. The Bertz CT molecular complexity index is 468. The number of aromatic nitrogens is 4. The average molecular weight is 257 g/mol. The van der Waals surface area contributed by atoms with Crippen molar-refractivity contribution in [2.24, 2.45) is 5.10 Å². The van der Waals surface area contributed by atoms with Crippen LogP contribution in [0, 0.1) is 10.1 Å². The van der Waals surface area contributed by atoms with Gasteiger partial charge in [0.05, 0.1) is 22.5 Å². The van der Waals surface area contributed by atoms with Gasteiger partial charge in [0.25, 0.3) is 0 Å². The molecule has 0 saturated carbocycles. The predicted octanol–water partition coefficient (Wildman–Crippen LogP) is -0.297. The molecule has 1 heterocycles. The van der Waals surface area contributed by atoms with Gasteiger partial charge < -0.3 is 14.9 Å². The van der Waals surface area contributed by atoms with E-state index < -0.39 is 17.0 Å². The molecule has 1 aromatic rings. The number of hydrogen-bond donors (Lipinski definition) is 1. The lowest BCUT2D eigenvalue weighted by molar-refractivity contribution is -0.394. The Morgan fingerprint density at radius 1 is 1.67 bits per heavy atom. The first kappa shape index (κ1) is 13.5. The van der Waals surface area contributed by atoms with E-state index in [0.717, 1.165) is 4.80 Å². The van der Waals surface area contributed by atoms with Crippen LogP contribution in [0.3, 0.4) is 0 Å². The van der Waals surface area contributed by atoms with Gasteiger partial charge in [0.2, 0.25) is 0 Å². The van der Waals surface area contributed by atoms with Crippen molar-refractivity contribution in [1.29, 1.82) is 0 Å². The molecule has 0 aliphatic carbocycles. The number of nitrogens with zero attached hydrogens (tertiary/aromatic N) is 6. The smallest absolute Gasteiger partial charge is 0.449 e. The van der Waals surface area contributed by atoms with Gasteiger partial charge in [-0.3, -0.25) is 0 Å². The van der Waals surface area contributed by atoms with E-state index in [1.807, 2.05) is 0 Å². The molecule has 0 radical (unpaired) electrons. The van der Waals surface area contributed by atoms with Crippen molar-refractivity contribution >= 4 is 17.8 Å². The van der Waals surface area contributed by atoms with Gasteiger partial charge >= 0.3 is 12.0 Å². The standard InChI is InChI=1S/C7H11N7O4/c1-3-18-7(15)10-8-5(2)4-13-11-6(9-12-13)14(16)17/h3-4H2,1-2H3,(H,10,15). The molecule has 0 saturated heterocycles. The van der Waals surface area contributed by atoms with E-state index in [-0.39, 0.29) is 13.2 Å². The Balaban J connectivity index is 2.52. The second-order valence-corrected chi connectivity index (χ2v) is 3.06. The molecule has 1 amide bonds. The fraction of sp³-hybridized carbons (Fsp3) is 0.571. The first-order valence-corrected chi connectivity index (χ1v) is 4.91. The van der Waals surface area contributed by atoms with Gasteiger partial charge in [0.1, 0.15) is 6.54 Å². The van der Waals surface area contributed by atoms with Crippen molar-refractivity contribution in [3.63, 3.8) is 0 Å². The van der Waals surface area contributed by atoms with Gasteiger partial charge in [-0.15, -0.1) is 0 Å². The molecular weight excluding hydrogens is 246 g/mol. The number of hydrogen-bond acceptors (Lipinski definition) is 8. The predicted molar refractivity (Wildman–Crippen MR) is 57.7 cm³/mol. The highest BCUT2D eigenvalue weighted by Gasteiger charge is 2.15. The second-order valence-electron chi connectivity index (χ2n) is 3.06. The van der Waals surface area contributed by atoms with Crippen LogP contribution in [-0.4, -0.2) is 43.5 Å². The van der Waals surface area contributed by atoms with Crippen LogP contribution in [0.15, 0.2) is 5.10 Å². The van der Waals surface area contributed by atoms with E-state index in [1.54, 1.807) is 13.8 Å². The summed E-state index contributed by atoms with van der Waals surface area (Å²) in [6, 6.07) is 0. The summed E-state index contributed by atoms with van der Waals surface area (Å²) in [5.74, 6) is -0.596. The van der Waals surface area contributed by atoms with Gasteiger partial charge in [-0.1, -0.05) is 4.80 Å². The van der Waals surface area contributed by atoms with Crippen LogP contribution in [0.1, 0.15) is 13.8 Å². The highest BCUT2D eigenvalue weighted by atomic mass is 16.6. The Morgan fingerprint density at radius 3 is 2.94 bits per heavy atom. The Labute approximate surface area is 101 Å². The molecule has 1 rings (SSSR count). The van der Waals surface area contributed by atoms with E-state index in [2.05, 4.69) is 30.7 Å². The van der Waals surface area contributed by atoms with E-state index in [1.165, 1.54) is 0 Å². The zero-order valence-corrected chi connectivity index (χ0v) is 9.73. The molecule has 0 spiro atoms. The fourth-order valence-corrected chi connectivity index (χ4v) is 0.919. The summed E-state index contributed by atoms with van der Waals surface area (Å²) in [6.07, 6.45) is -0.686. The van der Waals surface area contributed by atoms with Gasteiger partial charge in [0.15, 0.2) is 0 Å². The highest BCUT2D eigenvalue weighted by Crippen LogP contribution is 1.96. The lowest BCUT2D eigenvalue weighted by Gasteiger charge is -2.00. The van der Waals surface area contributed by atoms with Crippen molar-refractivity contribution in [3.8, 4) is 0 Å². The van der Waals surface area contributed by atoms with Crippen LogP contribution in [0.2, 0.25) is 0 Å². The van der Waals surface area contributed by atoms with Crippen molar-refractivity contribution in [2.75, 3.05) is 6.61 Å². The van der Waals surface area contributed by atoms with Crippen molar-refractivity contribution in [1.82, 2.24) is 25.6 Å². The third kappa shape index (κ3) is 4.11. The van der Waals surface area contributed by atoms with Crippen LogP contribution in [0.5, 0.6) is 0 Å².